The van der Waals surface area contributed by atoms with Gasteiger partial charge in [0.15, 0.2) is 0 Å². The molecule has 0 amide bonds. The summed E-state index contributed by atoms with van der Waals surface area (Å²) in [5, 5.41) is 12.5. The summed E-state index contributed by atoms with van der Waals surface area (Å²) < 4.78 is 0. The lowest BCUT2D eigenvalue weighted by Gasteiger charge is -2.16. The number of aliphatic hydroxyl groups is 1. The molecule has 1 saturated heterocycles. The number of nitrogens with one attached hydrogen (secondary N) is 1. The van der Waals surface area contributed by atoms with E-state index < -0.39 is 0 Å². The molecule has 0 unspecified atom stereocenters. The van der Waals surface area contributed by atoms with E-state index in [1.165, 1.54) is 11.1 Å². The van der Waals surface area contributed by atoms with E-state index in [0.717, 1.165) is 13.1 Å². The summed E-state index contributed by atoms with van der Waals surface area (Å²) in [5.74, 6) is 0.873. The zero-order valence-corrected chi connectivity index (χ0v) is 8.53. The molecule has 2 N–H and O–H groups in total. The van der Waals surface area contributed by atoms with Crippen LogP contribution >= 0.6 is 0 Å². The second kappa shape index (κ2) is 4.11. The van der Waals surface area contributed by atoms with Crippen LogP contribution in [0.5, 0.6) is 0 Å². The summed E-state index contributed by atoms with van der Waals surface area (Å²) in [4.78, 5) is 0. The molecule has 2 nitrogen and oxygen atoms in total. The quantitative estimate of drug-likeness (QED) is 0.738. The van der Waals surface area contributed by atoms with Crippen LogP contribution in [0.3, 0.4) is 0 Å². The maximum atomic E-state index is 9.21. The van der Waals surface area contributed by atoms with Gasteiger partial charge in [-0.3, -0.25) is 0 Å². The molecule has 2 atom stereocenters. The second-order valence-electron chi connectivity index (χ2n) is 4.12. The molecule has 0 bridgehead atoms. The van der Waals surface area contributed by atoms with Crippen molar-refractivity contribution in [3.63, 3.8) is 0 Å². The van der Waals surface area contributed by atoms with E-state index in [4.69, 9.17) is 0 Å². The number of aliphatic hydroxyl groups excluding tert-OH is 1. The zero-order chi connectivity index (χ0) is 9.97. The highest BCUT2D eigenvalue weighted by molar-refractivity contribution is 5.26. The first-order chi connectivity index (χ1) is 6.81. The summed E-state index contributed by atoms with van der Waals surface area (Å²) in [7, 11) is 0. The van der Waals surface area contributed by atoms with Gasteiger partial charge in [-0.05, 0) is 12.5 Å². The third-order valence-electron chi connectivity index (χ3n) is 3.08. The smallest absolute Gasteiger partial charge is 0.0477 e. The van der Waals surface area contributed by atoms with Crippen molar-refractivity contribution in [2.24, 2.45) is 5.92 Å². The molecule has 1 aromatic carbocycles. The summed E-state index contributed by atoms with van der Waals surface area (Å²) in [5.41, 5.74) is 2.64. The average molecular weight is 191 g/mol. The van der Waals surface area contributed by atoms with Gasteiger partial charge in [-0.2, -0.15) is 0 Å². The Morgan fingerprint density at radius 3 is 2.64 bits per heavy atom. The molecular weight excluding hydrogens is 174 g/mol. The average Bonchev–Trinajstić information content (AvgIpc) is 2.67. The molecule has 76 valence electrons. The van der Waals surface area contributed by atoms with E-state index in [0.29, 0.717) is 11.8 Å². The van der Waals surface area contributed by atoms with E-state index in [1.54, 1.807) is 0 Å². The number of hydrogen-bond donors (Lipinski definition) is 2. The summed E-state index contributed by atoms with van der Waals surface area (Å²) in [6.07, 6.45) is 0. The van der Waals surface area contributed by atoms with Crippen molar-refractivity contribution in [1.29, 1.82) is 0 Å². The Labute approximate surface area is 85.0 Å². The lowest BCUT2D eigenvalue weighted by molar-refractivity contribution is 0.226. The maximum Gasteiger partial charge on any atom is 0.0477 e. The molecule has 1 fully saturated rings. The molecule has 0 aliphatic carbocycles. The van der Waals surface area contributed by atoms with Gasteiger partial charge in [-0.1, -0.05) is 29.8 Å². The van der Waals surface area contributed by atoms with Gasteiger partial charge in [-0.25, -0.2) is 0 Å². The normalized spacial score (nSPS) is 26.7. The highest BCUT2D eigenvalue weighted by Crippen LogP contribution is 2.27. The molecule has 2 rings (SSSR count). The minimum Gasteiger partial charge on any atom is -0.396 e. The lowest BCUT2D eigenvalue weighted by atomic mass is 9.89. The van der Waals surface area contributed by atoms with Crippen molar-refractivity contribution < 1.29 is 5.11 Å². The van der Waals surface area contributed by atoms with E-state index in [-0.39, 0.29) is 6.61 Å². The number of rotatable bonds is 2. The van der Waals surface area contributed by atoms with Crippen molar-refractivity contribution in [3.05, 3.63) is 35.4 Å². The van der Waals surface area contributed by atoms with Crippen LogP contribution in [0, 0.1) is 12.8 Å². The predicted molar refractivity (Wildman–Crippen MR) is 57.4 cm³/mol. The Bertz CT molecular complexity index is 294. The van der Waals surface area contributed by atoms with Gasteiger partial charge in [0.25, 0.3) is 0 Å². The molecule has 0 saturated carbocycles. The number of benzene rings is 1. The summed E-state index contributed by atoms with van der Waals surface area (Å²) in [6, 6.07) is 8.63. The predicted octanol–water partition coefficient (Wildman–Crippen LogP) is 1.29. The SMILES string of the molecule is Cc1ccc([C@@H]2CNC[C@H]2CO)cc1. The molecule has 0 spiro atoms. The van der Waals surface area contributed by atoms with Crippen LogP contribution in [-0.2, 0) is 0 Å². The van der Waals surface area contributed by atoms with Gasteiger partial charge in [0, 0.05) is 31.5 Å². The van der Waals surface area contributed by atoms with E-state index in [9.17, 15) is 5.11 Å². The lowest BCUT2D eigenvalue weighted by Crippen LogP contribution is -2.14. The monoisotopic (exact) mass is 191 g/mol. The highest BCUT2D eigenvalue weighted by atomic mass is 16.3. The molecular formula is C12H17NO. The van der Waals surface area contributed by atoms with E-state index >= 15 is 0 Å². The van der Waals surface area contributed by atoms with Crippen molar-refractivity contribution in [2.75, 3.05) is 19.7 Å². The third kappa shape index (κ3) is 1.81. The first-order valence-electron chi connectivity index (χ1n) is 5.19. The first-order valence-corrected chi connectivity index (χ1v) is 5.19. The fourth-order valence-electron chi connectivity index (χ4n) is 2.13. The number of aryl methyl sites for hydroxylation is 1. The molecule has 2 heteroatoms. The van der Waals surface area contributed by atoms with Crippen LogP contribution in [0.25, 0.3) is 0 Å². The van der Waals surface area contributed by atoms with Crippen LogP contribution in [-0.4, -0.2) is 24.8 Å². The van der Waals surface area contributed by atoms with Crippen molar-refractivity contribution in [1.82, 2.24) is 5.32 Å². The van der Waals surface area contributed by atoms with Gasteiger partial charge in [-0.15, -0.1) is 0 Å². The third-order valence-corrected chi connectivity index (χ3v) is 3.08. The van der Waals surface area contributed by atoms with Crippen molar-refractivity contribution in [2.45, 2.75) is 12.8 Å². The molecule has 0 aromatic heterocycles. The van der Waals surface area contributed by atoms with E-state index in [1.807, 2.05) is 0 Å². The van der Waals surface area contributed by atoms with Gasteiger partial charge >= 0.3 is 0 Å². The van der Waals surface area contributed by atoms with Gasteiger partial charge in [0.2, 0.25) is 0 Å². The zero-order valence-electron chi connectivity index (χ0n) is 8.53. The molecule has 1 aromatic rings. The van der Waals surface area contributed by atoms with Crippen LogP contribution in [0.4, 0.5) is 0 Å². The maximum absolute atomic E-state index is 9.21. The Hall–Kier alpha value is -0.860. The Morgan fingerprint density at radius 2 is 2.00 bits per heavy atom. The second-order valence-corrected chi connectivity index (χ2v) is 4.12. The fraction of sp³-hybridized carbons (Fsp3) is 0.500. The standard InChI is InChI=1S/C12H17NO/c1-9-2-4-10(5-3-9)12-7-13-6-11(12)8-14/h2-5,11-14H,6-8H2,1H3/t11-,12-/m0/s1. The highest BCUT2D eigenvalue weighted by Gasteiger charge is 2.27. The molecule has 1 heterocycles. The van der Waals surface area contributed by atoms with Gasteiger partial charge in [0.1, 0.15) is 0 Å². The minimum atomic E-state index is 0.283. The molecule has 1 aliphatic heterocycles. The van der Waals surface area contributed by atoms with Crippen LogP contribution in [0.1, 0.15) is 17.0 Å². The minimum absolute atomic E-state index is 0.283. The van der Waals surface area contributed by atoms with Crippen molar-refractivity contribution in [3.8, 4) is 0 Å². The largest absolute Gasteiger partial charge is 0.396 e. The van der Waals surface area contributed by atoms with Crippen LogP contribution in [0.15, 0.2) is 24.3 Å². The first kappa shape index (κ1) is 9.69. The Morgan fingerprint density at radius 1 is 1.29 bits per heavy atom. The summed E-state index contributed by atoms with van der Waals surface area (Å²) >= 11 is 0. The Balaban J connectivity index is 2.17. The Kier molecular flexibility index (Phi) is 2.85. The summed E-state index contributed by atoms with van der Waals surface area (Å²) in [6.45, 7) is 4.31. The fourth-order valence-corrected chi connectivity index (χ4v) is 2.13. The topological polar surface area (TPSA) is 32.3 Å². The van der Waals surface area contributed by atoms with Crippen LogP contribution < -0.4 is 5.32 Å². The van der Waals surface area contributed by atoms with E-state index in [2.05, 4.69) is 36.5 Å². The molecule has 1 aliphatic rings. The van der Waals surface area contributed by atoms with Crippen molar-refractivity contribution >= 4 is 0 Å². The number of hydrogen-bond acceptors (Lipinski definition) is 2. The molecule has 14 heavy (non-hydrogen) atoms. The van der Waals surface area contributed by atoms with Crippen LogP contribution in [0.2, 0.25) is 0 Å². The molecule has 0 radical (unpaired) electrons. The van der Waals surface area contributed by atoms with Gasteiger partial charge in [0.05, 0.1) is 0 Å². The van der Waals surface area contributed by atoms with Gasteiger partial charge < -0.3 is 10.4 Å².